The minimum Gasteiger partial charge on any atom is -0.480 e. The number of rotatable bonds is 13. The van der Waals surface area contributed by atoms with Crippen LogP contribution in [0.15, 0.2) is 24.3 Å². The average Bonchev–Trinajstić information content (AvgIpc) is 2.91. The molecule has 1 saturated heterocycles. The van der Waals surface area contributed by atoms with Crippen LogP contribution >= 0.6 is 0 Å². The van der Waals surface area contributed by atoms with Gasteiger partial charge in [0.1, 0.15) is 12.2 Å². The number of benzene rings is 1. The lowest BCUT2D eigenvalue weighted by atomic mass is 10.1. The summed E-state index contributed by atoms with van der Waals surface area (Å²) < 4.78 is 16.0. The van der Waals surface area contributed by atoms with Crippen LogP contribution in [0.5, 0.6) is 0 Å². The molecule has 0 spiro atoms. The van der Waals surface area contributed by atoms with Crippen molar-refractivity contribution in [1.29, 1.82) is 0 Å². The molecule has 1 amide bonds. The van der Waals surface area contributed by atoms with E-state index >= 15 is 0 Å². The number of carbonyl (C=O) groups excluding carboxylic acids is 1. The Balaban J connectivity index is 2.20. The largest absolute Gasteiger partial charge is 0.480 e. The van der Waals surface area contributed by atoms with E-state index in [0.29, 0.717) is 69.7 Å². The van der Waals surface area contributed by atoms with Gasteiger partial charge in [-0.25, -0.2) is 14.8 Å². The Morgan fingerprint density at radius 2 is 1.65 bits per heavy atom. The summed E-state index contributed by atoms with van der Waals surface area (Å²) in [5.74, 6) is -2.28. The quantitative estimate of drug-likeness (QED) is 0.339. The Morgan fingerprint density at radius 3 is 2.19 bits per heavy atom. The summed E-state index contributed by atoms with van der Waals surface area (Å²) >= 11 is 0. The maximum absolute atomic E-state index is 13.1. The molecule has 0 bridgehead atoms. The molecule has 3 rings (SSSR count). The van der Waals surface area contributed by atoms with E-state index < -0.39 is 24.4 Å². The Bertz CT molecular complexity index is 1080. The number of anilines is 2. The van der Waals surface area contributed by atoms with Crippen molar-refractivity contribution in [3.05, 3.63) is 35.5 Å². The summed E-state index contributed by atoms with van der Waals surface area (Å²) in [6, 6.07) is 6.21. The Morgan fingerprint density at radius 1 is 1.03 bits per heavy atom. The van der Waals surface area contributed by atoms with Crippen molar-refractivity contribution in [2.75, 3.05) is 83.2 Å². The fraction of sp³-hybridized carbons (Fsp3) is 0.458. The van der Waals surface area contributed by atoms with E-state index in [1.54, 1.807) is 26.4 Å². The zero-order valence-corrected chi connectivity index (χ0v) is 20.8. The number of methoxy groups -OCH3 is 2. The van der Waals surface area contributed by atoms with Crippen molar-refractivity contribution >= 4 is 29.5 Å². The monoisotopic (exact) mass is 517 g/mol. The van der Waals surface area contributed by atoms with E-state index in [9.17, 15) is 19.5 Å². The van der Waals surface area contributed by atoms with Gasteiger partial charge in [0.25, 0.3) is 5.91 Å². The van der Waals surface area contributed by atoms with E-state index in [-0.39, 0.29) is 17.1 Å². The average molecular weight is 518 g/mol. The first-order chi connectivity index (χ1) is 17.8. The van der Waals surface area contributed by atoms with Crippen molar-refractivity contribution in [2.45, 2.75) is 0 Å². The molecule has 2 aromatic rings. The van der Waals surface area contributed by atoms with Crippen LogP contribution in [0.2, 0.25) is 0 Å². The van der Waals surface area contributed by atoms with Gasteiger partial charge >= 0.3 is 11.9 Å². The molecule has 13 heteroatoms. The van der Waals surface area contributed by atoms with Gasteiger partial charge in [0, 0.05) is 46.0 Å². The molecule has 0 saturated carbocycles. The standard InChI is InChI=1S/C24H31N5O8/c1-35-11-7-28(8-12-36-2)21-19(16-3-5-17(6-4-16)24(33)34)26-22(29-9-13-37-14-10-29)20(27-21)23(32)25-15-18(30)31/h3-6H,7-15H2,1-2H3,(H,25,32)(H,30,31)(H,33,34). The number of carbonyl (C=O) groups is 3. The highest BCUT2D eigenvalue weighted by molar-refractivity contribution is 5.99. The van der Waals surface area contributed by atoms with Crippen LogP contribution < -0.4 is 15.1 Å². The van der Waals surface area contributed by atoms with Gasteiger partial charge in [-0.15, -0.1) is 0 Å². The first-order valence-electron chi connectivity index (χ1n) is 11.7. The number of ether oxygens (including phenoxy) is 3. The maximum atomic E-state index is 13.1. The van der Waals surface area contributed by atoms with Gasteiger partial charge in [0.05, 0.1) is 32.0 Å². The number of carboxylic acid groups (broad SMARTS) is 2. The van der Waals surface area contributed by atoms with Crippen LogP contribution in [0.4, 0.5) is 11.6 Å². The number of nitrogens with zero attached hydrogens (tertiary/aromatic N) is 4. The van der Waals surface area contributed by atoms with Crippen LogP contribution in [0.1, 0.15) is 20.8 Å². The topological polar surface area (TPSA) is 164 Å². The molecule has 1 aliphatic heterocycles. The molecule has 0 atom stereocenters. The normalized spacial score (nSPS) is 13.3. The van der Waals surface area contributed by atoms with E-state index in [1.165, 1.54) is 12.1 Å². The Labute approximate surface area is 214 Å². The summed E-state index contributed by atoms with van der Waals surface area (Å²) in [6.45, 7) is 2.72. The molecule has 1 aromatic carbocycles. The number of aliphatic carboxylic acids is 1. The first kappa shape index (κ1) is 27.8. The van der Waals surface area contributed by atoms with Gasteiger partial charge in [-0.2, -0.15) is 0 Å². The number of amides is 1. The second kappa shape index (κ2) is 13.5. The SMILES string of the molecule is COCCN(CCOC)c1nc(C(=O)NCC(=O)O)c(N2CCOCC2)nc1-c1ccc(C(=O)O)cc1. The van der Waals surface area contributed by atoms with E-state index in [0.717, 1.165) is 0 Å². The molecule has 200 valence electrons. The summed E-state index contributed by atoms with van der Waals surface area (Å²) in [5, 5.41) is 20.8. The second-order valence-electron chi connectivity index (χ2n) is 8.10. The molecular weight excluding hydrogens is 486 g/mol. The van der Waals surface area contributed by atoms with Crippen molar-refractivity contribution in [2.24, 2.45) is 0 Å². The molecule has 13 nitrogen and oxygen atoms in total. The molecule has 1 fully saturated rings. The Hall–Kier alpha value is -3.81. The van der Waals surface area contributed by atoms with Crippen LogP contribution in [0.25, 0.3) is 11.3 Å². The number of nitrogens with one attached hydrogen (secondary N) is 1. The van der Waals surface area contributed by atoms with E-state index in [4.69, 9.17) is 29.3 Å². The zero-order valence-electron chi connectivity index (χ0n) is 20.8. The number of morpholine rings is 1. The molecule has 1 aromatic heterocycles. The van der Waals surface area contributed by atoms with Crippen LogP contribution in [0, 0.1) is 0 Å². The fourth-order valence-corrected chi connectivity index (χ4v) is 3.72. The predicted molar refractivity (Wildman–Crippen MR) is 133 cm³/mol. The highest BCUT2D eigenvalue weighted by Gasteiger charge is 2.27. The first-order valence-corrected chi connectivity index (χ1v) is 11.7. The highest BCUT2D eigenvalue weighted by Crippen LogP contribution is 2.32. The van der Waals surface area contributed by atoms with Gasteiger partial charge in [-0.1, -0.05) is 12.1 Å². The third kappa shape index (κ3) is 7.35. The predicted octanol–water partition coefficient (Wildman–Crippen LogP) is 0.592. The minimum absolute atomic E-state index is 0.0242. The summed E-state index contributed by atoms with van der Waals surface area (Å²) in [6.07, 6.45) is 0. The third-order valence-corrected chi connectivity index (χ3v) is 5.62. The molecule has 37 heavy (non-hydrogen) atoms. The summed E-state index contributed by atoms with van der Waals surface area (Å²) in [4.78, 5) is 48.9. The van der Waals surface area contributed by atoms with Gasteiger partial charge < -0.3 is 39.5 Å². The third-order valence-electron chi connectivity index (χ3n) is 5.62. The molecule has 2 heterocycles. The number of hydrogen-bond donors (Lipinski definition) is 3. The number of aromatic nitrogens is 2. The summed E-state index contributed by atoms with van der Waals surface area (Å²) in [5.41, 5.74) is 1.12. The highest BCUT2D eigenvalue weighted by atomic mass is 16.5. The maximum Gasteiger partial charge on any atom is 0.335 e. The number of carboxylic acids is 2. The van der Waals surface area contributed by atoms with Crippen LogP contribution in [-0.2, 0) is 19.0 Å². The molecule has 0 radical (unpaired) electrons. The molecule has 1 aliphatic rings. The summed E-state index contributed by atoms with van der Waals surface area (Å²) in [7, 11) is 3.13. The van der Waals surface area contributed by atoms with Crippen LogP contribution in [0.3, 0.4) is 0 Å². The van der Waals surface area contributed by atoms with Gasteiger partial charge in [0.2, 0.25) is 0 Å². The lowest BCUT2D eigenvalue weighted by molar-refractivity contribution is -0.135. The number of aromatic carboxylic acids is 1. The molecule has 0 unspecified atom stereocenters. The smallest absolute Gasteiger partial charge is 0.335 e. The number of hydrogen-bond acceptors (Lipinski definition) is 10. The minimum atomic E-state index is -1.19. The van der Waals surface area contributed by atoms with Gasteiger partial charge in [-0.05, 0) is 12.1 Å². The van der Waals surface area contributed by atoms with E-state index in [1.807, 2.05) is 9.80 Å². The Kier molecular flexibility index (Phi) is 10.1. The molecule has 0 aliphatic carbocycles. The van der Waals surface area contributed by atoms with Gasteiger partial charge in [0.15, 0.2) is 17.3 Å². The van der Waals surface area contributed by atoms with Crippen molar-refractivity contribution < 1.29 is 38.8 Å². The molecule has 3 N–H and O–H groups in total. The molecular formula is C24H31N5O8. The van der Waals surface area contributed by atoms with Crippen molar-refractivity contribution in [1.82, 2.24) is 15.3 Å². The van der Waals surface area contributed by atoms with Crippen molar-refractivity contribution in [3.63, 3.8) is 0 Å². The van der Waals surface area contributed by atoms with Crippen molar-refractivity contribution in [3.8, 4) is 11.3 Å². The van der Waals surface area contributed by atoms with Crippen LogP contribution in [-0.4, -0.2) is 111 Å². The fourth-order valence-electron chi connectivity index (χ4n) is 3.72. The van der Waals surface area contributed by atoms with Gasteiger partial charge in [-0.3, -0.25) is 9.59 Å². The lowest BCUT2D eigenvalue weighted by Gasteiger charge is -2.31. The second-order valence-corrected chi connectivity index (χ2v) is 8.10. The van der Waals surface area contributed by atoms with E-state index in [2.05, 4.69) is 5.32 Å². The lowest BCUT2D eigenvalue weighted by Crippen LogP contribution is -2.40. The zero-order chi connectivity index (χ0) is 26.8.